The third kappa shape index (κ3) is 3.51. The Bertz CT molecular complexity index is 979. The Morgan fingerprint density at radius 3 is 2.24 bits per heavy atom. The molecule has 1 aliphatic heterocycles. The summed E-state index contributed by atoms with van der Waals surface area (Å²) in [5.74, 6) is -3.82. The molecule has 0 aromatic heterocycles. The van der Waals surface area contributed by atoms with E-state index in [0.717, 1.165) is 41.3 Å². The zero-order chi connectivity index (χ0) is 17.6. The van der Waals surface area contributed by atoms with E-state index in [1.165, 1.54) is 0 Å². The first-order valence-corrected chi connectivity index (χ1v) is 8.05. The van der Waals surface area contributed by atoms with Gasteiger partial charge in [0, 0.05) is 5.56 Å². The van der Waals surface area contributed by atoms with E-state index in [1.807, 2.05) is 0 Å². The molecule has 0 unspecified atom stereocenters. The third-order valence-electron chi connectivity index (χ3n) is 3.62. The number of fused-ring (bicyclic) bond motifs is 1. The molecule has 25 heavy (non-hydrogen) atoms. The minimum Gasteiger partial charge on any atom is -1.00 e. The molecule has 126 valence electrons. The molecule has 0 atom stereocenters. The molecule has 0 bridgehead atoms. The van der Waals surface area contributed by atoms with Crippen LogP contribution < -0.4 is 34.5 Å². The van der Waals surface area contributed by atoms with Crippen LogP contribution in [0.25, 0.3) is 0 Å². The molecular weight excluding hydrogens is 367 g/mol. The molecule has 1 N–H and O–H groups in total. The summed E-state index contributed by atoms with van der Waals surface area (Å²) in [5, 5.41) is 0. The maximum atomic E-state index is 13.7. The molecule has 0 saturated carbocycles. The Kier molecular flexibility index (Phi) is 5.45. The number of carbonyl (C=O) groups is 2. The van der Waals surface area contributed by atoms with Crippen molar-refractivity contribution in [2.24, 2.45) is 0 Å². The van der Waals surface area contributed by atoms with E-state index >= 15 is 0 Å². The SMILES string of the molecule is O=C1C(=O)N(Cc2c(F)cccc2F)c2ccc(S(=O)(=O)O)cc21.[H-].[Na+]. The van der Waals surface area contributed by atoms with Crippen LogP contribution in [0.1, 0.15) is 17.3 Å². The Labute approximate surface area is 165 Å². The zero-order valence-electron chi connectivity index (χ0n) is 13.9. The van der Waals surface area contributed by atoms with E-state index in [1.54, 1.807) is 0 Å². The van der Waals surface area contributed by atoms with E-state index < -0.39 is 50.4 Å². The summed E-state index contributed by atoms with van der Waals surface area (Å²) in [6.07, 6.45) is 0. The molecule has 0 saturated heterocycles. The summed E-state index contributed by atoms with van der Waals surface area (Å²) >= 11 is 0. The van der Waals surface area contributed by atoms with Crippen molar-refractivity contribution in [1.29, 1.82) is 0 Å². The summed E-state index contributed by atoms with van der Waals surface area (Å²) < 4.78 is 58.8. The average molecular weight is 377 g/mol. The number of hydrogen-bond donors (Lipinski definition) is 1. The molecule has 2 aromatic rings. The molecule has 1 aliphatic rings. The van der Waals surface area contributed by atoms with Gasteiger partial charge in [-0.05, 0) is 30.3 Å². The van der Waals surface area contributed by atoms with Crippen molar-refractivity contribution in [2.45, 2.75) is 11.4 Å². The summed E-state index contributed by atoms with van der Waals surface area (Å²) in [5.41, 5.74) is -0.641. The fourth-order valence-corrected chi connectivity index (χ4v) is 2.95. The summed E-state index contributed by atoms with van der Waals surface area (Å²) in [6.45, 7) is -0.526. The van der Waals surface area contributed by atoms with Crippen molar-refractivity contribution in [1.82, 2.24) is 0 Å². The van der Waals surface area contributed by atoms with Gasteiger partial charge in [0.25, 0.3) is 21.8 Å². The first-order valence-electron chi connectivity index (χ1n) is 6.61. The van der Waals surface area contributed by atoms with E-state index in [-0.39, 0.29) is 42.2 Å². The number of anilines is 1. The predicted molar refractivity (Wildman–Crippen MR) is 79.2 cm³/mol. The second kappa shape index (κ2) is 6.93. The minimum atomic E-state index is -4.56. The number of rotatable bonds is 3. The number of Topliss-reactive ketones (excluding diaryl/α,β-unsaturated/α-hetero) is 1. The van der Waals surface area contributed by atoms with Crippen LogP contribution in [0.5, 0.6) is 0 Å². The van der Waals surface area contributed by atoms with E-state index in [4.69, 9.17) is 4.55 Å². The van der Waals surface area contributed by atoms with E-state index in [0.29, 0.717) is 0 Å². The van der Waals surface area contributed by atoms with Gasteiger partial charge in [-0.15, -0.1) is 0 Å². The van der Waals surface area contributed by atoms with Crippen molar-refractivity contribution in [2.75, 3.05) is 4.90 Å². The van der Waals surface area contributed by atoms with Crippen LogP contribution in [0.3, 0.4) is 0 Å². The molecule has 0 radical (unpaired) electrons. The predicted octanol–water partition coefficient (Wildman–Crippen LogP) is -0.942. The fraction of sp³-hybridized carbons (Fsp3) is 0.0667. The smallest absolute Gasteiger partial charge is 1.00 e. The van der Waals surface area contributed by atoms with Crippen molar-refractivity contribution < 1.29 is 62.3 Å². The van der Waals surface area contributed by atoms with Crippen LogP contribution in [-0.4, -0.2) is 24.7 Å². The summed E-state index contributed by atoms with van der Waals surface area (Å²) in [6, 6.07) is 6.16. The van der Waals surface area contributed by atoms with Crippen LogP contribution in [0.4, 0.5) is 14.5 Å². The first-order chi connectivity index (χ1) is 11.2. The number of benzene rings is 2. The van der Waals surface area contributed by atoms with Crippen LogP contribution in [-0.2, 0) is 21.5 Å². The average Bonchev–Trinajstić information content (AvgIpc) is 2.74. The molecule has 0 fully saturated rings. The molecule has 2 aromatic carbocycles. The number of nitrogens with zero attached hydrogens (tertiary/aromatic N) is 1. The molecule has 1 amide bonds. The Morgan fingerprint density at radius 1 is 1.08 bits per heavy atom. The maximum Gasteiger partial charge on any atom is 1.00 e. The van der Waals surface area contributed by atoms with Crippen molar-refractivity contribution in [3.05, 3.63) is 59.2 Å². The molecule has 0 aliphatic carbocycles. The molecule has 1 heterocycles. The normalized spacial score (nSPS) is 13.6. The molecule has 6 nitrogen and oxygen atoms in total. The minimum absolute atomic E-state index is 0. The van der Waals surface area contributed by atoms with Gasteiger partial charge in [0.2, 0.25) is 0 Å². The van der Waals surface area contributed by atoms with Crippen LogP contribution >= 0.6 is 0 Å². The Morgan fingerprint density at radius 2 is 1.68 bits per heavy atom. The van der Waals surface area contributed by atoms with Gasteiger partial charge < -0.3 is 6.33 Å². The topological polar surface area (TPSA) is 91.8 Å². The van der Waals surface area contributed by atoms with Crippen molar-refractivity contribution in [3.8, 4) is 0 Å². The van der Waals surface area contributed by atoms with Crippen LogP contribution in [0, 0.1) is 11.6 Å². The van der Waals surface area contributed by atoms with Crippen LogP contribution in [0.15, 0.2) is 41.3 Å². The van der Waals surface area contributed by atoms with Crippen LogP contribution in [0.2, 0.25) is 0 Å². The van der Waals surface area contributed by atoms with Crippen molar-refractivity contribution in [3.63, 3.8) is 0 Å². The Hall–Kier alpha value is -1.65. The zero-order valence-corrected chi connectivity index (χ0v) is 15.7. The Balaban J connectivity index is 0.00000169. The number of ketones is 1. The second-order valence-corrected chi connectivity index (χ2v) is 6.50. The second-order valence-electron chi connectivity index (χ2n) is 5.07. The van der Waals surface area contributed by atoms with Gasteiger partial charge in [0.1, 0.15) is 11.6 Å². The van der Waals surface area contributed by atoms with E-state index in [2.05, 4.69) is 0 Å². The van der Waals surface area contributed by atoms with Gasteiger partial charge in [-0.1, -0.05) is 6.07 Å². The molecular formula is C15H10F2NNaO5S. The molecule has 3 rings (SSSR count). The van der Waals surface area contributed by atoms with E-state index in [9.17, 15) is 26.8 Å². The summed E-state index contributed by atoms with van der Waals surface area (Å²) in [7, 11) is -4.56. The molecule has 10 heteroatoms. The van der Waals surface area contributed by atoms with Gasteiger partial charge in [-0.25, -0.2) is 8.78 Å². The maximum absolute atomic E-state index is 13.7. The van der Waals surface area contributed by atoms with Gasteiger partial charge in [-0.3, -0.25) is 14.1 Å². The van der Waals surface area contributed by atoms with Gasteiger partial charge >= 0.3 is 29.6 Å². The first kappa shape index (κ1) is 19.7. The third-order valence-corrected chi connectivity index (χ3v) is 4.47. The van der Waals surface area contributed by atoms with Gasteiger partial charge in [-0.2, -0.15) is 8.42 Å². The number of carbonyl (C=O) groups excluding carboxylic acids is 2. The van der Waals surface area contributed by atoms with Gasteiger partial charge in [0.15, 0.2) is 0 Å². The van der Waals surface area contributed by atoms with Gasteiger partial charge in [0.05, 0.1) is 22.7 Å². The standard InChI is InChI=1S/C15H9F2NO5S.Na.H/c16-11-2-1-3-12(17)10(11)7-18-13-5-4-8(24(21,22)23)6-9(13)14(19)15(18)20;;/h1-6H,7H2,(H,21,22,23);;/q;+1;-1. The number of amides is 1. The number of halogens is 2. The monoisotopic (exact) mass is 377 g/mol. The molecule has 0 spiro atoms. The quantitative estimate of drug-likeness (QED) is 0.423. The summed E-state index contributed by atoms with van der Waals surface area (Å²) in [4.78, 5) is 24.4. The van der Waals surface area contributed by atoms with Crippen molar-refractivity contribution >= 4 is 27.5 Å². The number of hydrogen-bond acceptors (Lipinski definition) is 4. The fourth-order valence-electron chi connectivity index (χ4n) is 2.44. The largest absolute Gasteiger partial charge is 1.00 e.